The van der Waals surface area contributed by atoms with Crippen LogP contribution in [-0.4, -0.2) is 63.4 Å². The highest BCUT2D eigenvalue weighted by Crippen LogP contribution is 2.32. The third-order valence-corrected chi connectivity index (χ3v) is 3.25. The van der Waals surface area contributed by atoms with E-state index in [4.69, 9.17) is 10.8 Å². The Balaban J connectivity index is 2.91. The fraction of sp³-hybridized carbons (Fsp3) is 0.750. The highest BCUT2D eigenvalue weighted by atomic mass is 19.3. The molecule has 0 unspecified atom stereocenters. The van der Waals surface area contributed by atoms with E-state index in [-0.39, 0.29) is 0 Å². The zero-order valence-electron chi connectivity index (χ0n) is 12.1. The zero-order valence-corrected chi connectivity index (χ0v) is 12.1. The molecule has 1 aliphatic rings. The number of alkyl halides is 2. The van der Waals surface area contributed by atoms with E-state index in [1.165, 1.54) is 0 Å². The average molecular weight is 307 g/mol. The molecule has 7 nitrogen and oxygen atoms in total. The topological polar surface area (TPSA) is 104 Å². The number of hydrogen-bond acceptors (Lipinski definition) is 3. The number of nitrogens with two attached hydrogens (primary N) is 1. The zero-order chi connectivity index (χ0) is 16.6. The highest BCUT2D eigenvalue weighted by Gasteiger charge is 2.49. The van der Waals surface area contributed by atoms with E-state index in [9.17, 15) is 23.2 Å². The van der Waals surface area contributed by atoms with E-state index in [1.807, 2.05) is 0 Å². The molecule has 9 heteroatoms. The molecule has 0 bridgehead atoms. The van der Waals surface area contributed by atoms with Crippen LogP contribution in [0.15, 0.2) is 0 Å². The van der Waals surface area contributed by atoms with Gasteiger partial charge in [0.2, 0.25) is 11.8 Å². The number of nitrogens with zero attached hydrogens (tertiary/aromatic N) is 2. The molecular weight excluding hydrogens is 288 g/mol. The smallest absolute Gasteiger partial charge is 0.408 e. The van der Waals surface area contributed by atoms with E-state index in [0.29, 0.717) is 4.90 Å². The molecule has 0 aromatic carbocycles. The first-order valence-electron chi connectivity index (χ1n) is 6.32. The minimum absolute atomic E-state index is 0.612. The molecule has 0 radical (unpaired) electrons. The largest absolute Gasteiger partial charge is 0.465 e. The predicted molar refractivity (Wildman–Crippen MR) is 68.7 cm³/mol. The van der Waals surface area contributed by atoms with Crippen molar-refractivity contribution >= 4 is 17.9 Å². The summed E-state index contributed by atoms with van der Waals surface area (Å²) in [6.45, 7) is 3.16. The lowest BCUT2D eigenvalue weighted by Crippen LogP contribution is -2.53. The molecule has 0 saturated carbocycles. The summed E-state index contributed by atoms with van der Waals surface area (Å²) in [7, 11) is 0. The second-order valence-electron chi connectivity index (χ2n) is 6.04. The van der Waals surface area contributed by atoms with Crippen molar-refractivity contribution in [3.05, 3.63) is 0 Å². The molecule has 1 fully saturated rings. The van der Waals surface area contributed by atoms with Gasteiger partial charge < -0.3 is 15.7 Å². The van der Waals surface area contributed by atoms with E-state index in [2.05, 4.69) is 0 Å². The van der Waals surface area contributed by atoms with Gasteiger partial charge in [0.05, 0.1) is 6.54 Å². The lowest BCUT2D eigenvalue weighted by molar-refractivity contribution is -0.139. The first kappa shape index (κ1) is 17.1. The van der Waals surface area contributed by atoms with Crippen molar-refractivity contribution in [2.45, 2.75) is 44.7 Å². The summed E-state index contributed by atoms with van der Waals surface area (Å²) < 4.78 is 26.7. The maximum atomic E-state index is 13.4. The second-order valence-corrected chi connectivity index (χ2v) is 6.04. The van der Waals surface area contributed by atoms with Crippen LogP contribution < -0.4 is 5.73 Å². The Labute approximate surface area is 120 Å². The van der Waals surface area contributed by atoms with Crippen LogP contribution in [0.25, 0.3) is 0 Å². The van der Waals surface area contributed by atoms with Gasteiger partial charge in [0.1, 0.15) is 12.6 Å². The highest BCUT2D eigenvalue weighted by molar-refractivity contribution is 5.89. The van der Waals surface area contributed by atoms with Gasteiger partial charge in [0.25, 0.3) is 5.92 Å². The van der Waals surface area contributed by atoms with Crippen molar-refractivity contribution in [2.24, 2.45) is 5.73 Å². The summed E-state index contributed by atoms with van der Waals surface area (Å²) in [5, 5.41) is 9.09. The van der Waals surface area contributed by atoms with Gasteiger partial charge in [-0.15, -0.1) is 0 Å². The quantitative estimate of drug-likeness (QED) is 0.791. The lowest BCUT2D eigenvalue weighted by Gasteiger charge is -2.34. The maximum Gasteiger partial charge on any atom is 0.408 e. The van der Waals surface area contributed by atoms with E-state index >= 15 is 0 Å². The van der Waals surface area contributed by atoms with Crippen molar-refractivity contribution in [2.75, 3.05) is 13.1 Å². The lowest BCUT2D eigenvalue weighted by atomic mass is 10.1. The monoisotopic (exact) mass is 307 g/mol. The third-order valence-electron chi connectivity index (χ3n) is 3.25. The molecular formula is C12H19F2N3O4. The summed E-state index contributed by atoms with van der Waals surface area (Å²) >= 11 is 0. The Kier molecular flexibility index (Phi) is 4.45. The van der Waals surface area contributed by atoms with Crippen LogP contribution in [0.1, 0.15) is 27.2 Å². The number of primary amides is 1. The molecule has 3 amide bonds. The fourth-order valence-corrected chi connectivity index (χ4v) is 2.15. The molecule has 21 heavy (non-hydrogen) atoms. The molecule has 1 rings (SSSR count). The number of halogens is 2. The van der Waals surface area contributed by atoms with Crippen LogP contribution in [-0.2, 0) is 9.59 Å². The van der Waals surface area contributed by atoms with E-state index < -0.39 is 54.9 Å². The summed E-state index contributed by atoms with van der Waals surface area (Å²) in [5.41, 5.74) is 4.14. The molecule has 1 aliphatic heterocycles. The minimum atomic E-state index is -3.20. The van der Waals surface area contributed by atoms with Crippen LogP contribution in [0, 0.1) is 0 Å². The van der Waals surface area contributed by atoms with Gasteiger partial charge in [-0.05, 0) is 20.8 Å². The number of likely N-dealkylation sites (tertiary alicyclic amines) is 1. The Morgan fingerprint density at radius 2 is 1.90 bits per heavy atom. The van der Waals surface area contributed by atoms with Crippen LogP contribution in [0.5, 0.6) is 0 Å². The number of rotatable bonds is 3. The van der Waals surface area contributed by atoms with Crippen molar-refractivity contribution in [3.63, 3.8) is 0 Å². The molecule has 0 aliphatic carbocycles. The first-order chi connectivity index (χ1) is 9.35. The standard InChI is InChI=1S/C12H19F2N3O4/c1-11(2,3)17(10(20)21)5-8(18)16-6-12(13,14)4-7(16)9(15)19/h7H,4-6H2,1-3H3,(H2,15,19)(H,20,21)/t7-/m0/s1. The molecule has 120 valence electrons. The fourth-order valence-electron chi connectivity index (χ4n) is 2.15. The molecule has 0 spiro atoms. The van der Waals surface area contributed by atoms with E-state index in [0.717, 1.165) is 4.90 Å². The SMILES string of the molecule is CC(C)(C)N(CC(=O)N1CC(F)(F)C[C@H]1C(N)=O)C(=O)O. The van der Waals surface area contributed by atoms with Crippen molar-refractivity contribution in [1.82, 2.24) is 9.80 Å². The third kappa shape index (κ3) is 4.02. The van der Waals surface area contributed by atoms with E-state index in [1.54, 1.807) is 20.8 Å². The second kappa shape index (κ2) is 5.45. The average Bonchev–Trinajstić information content (AvgIpc) is 2.60. The molecule has 0 aromatic rings. The summed E-state index contributed by atoms with van der Waals surface area (Å²) in [6.07, 6.45) is -2.19. The molecule has 0 aromatic heterocycles. The molecule has 1 heterocycles. The van der Waals surface area contributed by atoms with Crippen molar-refractivity contribution in [1.29, 1.82) is 0 Å². The van der Waals surface area contributed by atoms with Gasteiger partial charge in [0.15, 0.2) is 0 Å². The number of amides is 3. The number of hydrogen-bond donors (Lipinski definition) is 2. The van der Waals surface area contributed by atoms with Gasteiger partial charge in [-0.3, -0.25) is 14.5 Å². The summed E-state index contributed by atoms with van der Waals surface area (Å²) in [5.74, 6) is -5.10. The van der Waals surface area contributed by atoms with Crippen LogP contribution in [0.2, 0.25) is 0 Å². The minimum Gasteiger partial charge on any atom is -0.465 e. The molecule has 3 N–H and O–H groups in total. The predicted octanol–water partition coefficient (Wildman–Crippen LogP) is 0.486. The van der Waals surface area contributed by atoms with Gasteiger partial charge in [0, 0.05) is 12.0 Å². The molecule has 1 saturated heterocycles. The van der Waals surface area contributed by atoms with Crippen molar-refractivity contribution in [3.8, 4) is 0 Å². The Bertz CT molecular complexity index is 462. The number of carbonyl (C=O) groups is 3. The Morgan fingerprint density at radius 1 is 1.38 bits per heavy atom. The van der Waals surface area contributed by atoms with Gasteiger partial charge in [-0.25, -0.2) is 13.6 Å². The number of carbonyl (C=O) groups excluding carboxylic acids is 2. The van der Waals surface area contributed by atoms with Crippen LogP contribution >= 0.6 is 0 Å². The summed E-state index contributed by atoms with van der Waals surface area (Å²) in [6, 6.07) is -1.41. The maximum absolute atomic E-state index is 13.4. The van der Waals surface area contributed by atoms with Crippen LogP contribution in [0.3, 0.4) is 0 Å². The van der Waals surface area contributed by atoms with Crippen LogP contribution in [0.4, 0.5) is 13.6 Å². The van der Waals surface area contributed by atoms with Gasteiger partial charge in [-0.1, -0.05) is 0 Å². The number of carboxylic acid groups (broad SMARTS) is 1. The van der Waals surface area contributed by atoms with Gasteiger partial charge >= 0.3 is 6.09 Å². The Morgan fingerprint density at radius 3 is 2.29 bits per heavy atom. The van der Waals surface area contributed by atoms with Gasteiger partial charge in [-0.2, -0.15) is 0 Å². The van der Waals surface area contributed by atoms with Crippen molar-refractivity contribution < 1.29 is 28.3 Å². The summed E-state index contributed by atoms with van der Waals surface area (Å²) in [4.78, 5) is 35.9. The Hall–Kier alpha value is -1.93. The first-order valence-corrected chi connectivity index (χ1v) is 6.32. The molecule has 1 atom stereocenters. The normalized spacial score (nSPS) is 21.2.